The van der Waals surface area contributed by atoms with E-state index in [1.807, 2.05) is 49.4 Å². The van der Waals surface area contributed by atoms with Gasteiger partial charge in [0.05, 0.1) is 6.54 Å². The van der Waals surface area contributed by atoms with Crippen LogP contribution >= 0.6 is 0 Å². The van der Waals surface area contributed by atoms with Crippen LogP contribution in [0.2, 0.25) is 0 Å². The maximum atomic E-state index is 12.4. The first-order chi connectivity index (χ1) is 12.5. The van der Waals surface area contributed by atoms with E-state index in [-0.39, 0.29) is 11.5 Å². The van der Waals surface area contributed by atoms with Gasteiger partial charge in [-0.1, -0.05) is 42.8 Å². The monoisotopic (exact) mass is 348 g/mol. The third-order valence-electron chi connectivity index (χ3n) is 4.69. The molecule has 0 saturated carbocycles. The van der Waals surface area contributed by atoms with Gasteiger partial charge in [0.25, 0.3) is 5.56 Å². The molecule has 26 heavy (non-hydrogen) atoms. The third kappa shape index (κ3) is 4.02. The normalized spacial score (nSPS) is 10.9. The zero-order valence-corrected chi connectivity index (χ0v) is 15.5. The summed E-state index contributed by atoms with van der Waals surface area (Å²) in [7, 11) is 0. The molecule has 0 fully saturated rings. The highest BCUT2D eigenvalue weighted by Gasteiger charge is 2.13. The summed E-state index contributed by atoms with van der Waals surface area (Å²) in [6.45, 7) is 6.46. The Balaban J connectivity index is 1.90. The minimum Gasteiger partial charge on any atom is -0.334 e. The van der Waals surface area contributed by atoms with E-state index in [4.69, 9.17) is 0 Å². The molecule has 2 aromatic carbocycles. The highest BCUT2D eigenvalue weighted by molar-refractivity contribution is 5.80. The fourth-order valence-electron chi connectivity index (χ4n) is 3.04. The molecule has 0 radical (unpaired) electrons. The standard InChI is InChI=1S/C22H24N2O2/c1-4-17-9-10-21-19(11-17)12-20(22(26)23-21)14-24(16(3)25)13-18-7-5-15(2)6-8-18/h5-12H,4,13-14H2,1-3H3,(H,23,26). The molecule has 3 rings (SSSR count). The van der Waals surface area contributed by atoms with Crippen molar-refractivity contribution in [3.05, 3.63) is 81.1 Å². The number of aryl methyl sites for hydroxylation is 2. The lowest BCUT2D eigenvalue weighted by Gasteiger charge is -2.21. The number of fused-ring (bicyclic) bond motifs is 1. The van der Waals surface area contributed by atoms with Crippen LogP contribution in [0.15, 0.2) is 53.3 Å². The van der Waals surface area contributed by atoms with Crippen LogP contribution in [0.4, 0.5) is 0 Å². The van der Waals surface area contributed by atoms with Crippen LogP contribution in [0, 0.1) is 6.92 Å². The lowest BCUT2D eigenvalue weighted by Crippen LogP contribution is -2.30. The van der Waals surface area contributed by atoms with Crippen molar-refractivity contribution in [2.24, 2.45) is 0 Å². The molecule has 1 N–H and O–H groups in total. The summed E-state index contributed by atoms with van der Waals surface area (Å²) in [6, 6.07) is 16.1. The Labute approximate surface area is 153 Å². The minimum absolute atomic E-state index is 0.0487. The van der Waals surface area contributed by atoms with Crippen molar-refractivity contribution in [1.82, 2.24) is 9.88 Å². The Kier molecular flexibility index (Phi) is 5.21. The van der Waals surface area contributed by atoms with Gasteiger partial charge in [-0.2, -0.15) is 0 Å². The molecule has 0 aliphatic carbocycles. The summed E-state index contributed by atoms with van der Waals surface area (Å²) in [6.07, 6.45) is 0.942. The van der Waals surface area contributed by atoms with Crippen LogP contribution in [-0.2, 0) is 24.3 Å². The number of nitrogens with zero attached hydrogens (tertiary/aromatic N) is 1. The van der Waals surface area contributed by atoms with E-state index < -0.39 is 0 Å². The number of hydrogen-bond acceptors (Lipinski definition) is 2. The number of aromatic amines is 1. The highest BCUT2D eigenvalue weighted by atomic mass is 16.2. The molecule has 3 aromatic rings. The number of carbonyl (C=O) groups is 1. The number of hydrogen-bond donors (Lipinski definition) is 1. The van der Waals surface area contributed by atoms with Gasteiger partial charge in [-0.25, -0.2) is 0 Å². The molecule has 4 heteroatoms. The molecule has 0 atom stereocenters. The van der Waals surface area contributed by atoms with Crippen LogP contribution in [0.1, 0.15) is 36.1 Å². The molecule has 1 aromatic heterocycles. The van der Waals surface area contributed by atoms with Crippen molar-refractivity contribution in [1.29, 1.82) is 0 Å². The Morgan fingerprint density at radius 2 is 1.69 bits per heavy atom. The van der Waals surface area contributed by atoms with Crippen LogP contribution in [0.5, 0.6) is 0 Å². The molecule has 1 amide bonds. The van der Waals surface area contributed by atoms with Gasteiger partial charge in [0, 0.05) is 24.5 Å². The van der Waals surface area contributed by atoms with E-state index in [0.717, 1.165) is 22.9 Å². The maximum Gasteiger partial charge on any atom is 0.253 e. The van der Waals surface area contributed by atoms with Gasteiger partial charge < -0.3 is 9.88 Å². The van der Waals surface area contributed by atoms with E-state index in [2.05, 4.69) is 18.0 Å². The number of amides is 1. The first kappa shape index (κ1) is 17.9. The predicted octanol–water partition coefficient (Wildman–Crippen LogP) is 3.95. The van der Waals surface area contributed by atoms with Crippen LogP contribution in [0.3, 0.4) is 0 Å². The van der Waals surface area contributed by atoms with Crippen molar-refractivity contribution in [3.63, 3.8) is 0 Å². The smallest absolute Gasteiger partial charge is 0.253 e. The minimum atomic E-state index is -0.142. The van der Waals surface area contributed by atoms with Gasteiger partial charge in [0.15, 0.2) is 0 Å². The summed E-state index contributed by atoms with van der Waals surface area (Å²) in [5.74, 6) is -0.0487. The SMILES string of the molecule is CCc1ccc2[nH]c(=O)c(CN(Cc3ccc(C)cc3)C(C)=O)cc2c1. The van der Waals surface area contributed by atoms with E-state index in [1.165, 1.54) is 11.1 Å². The molecule has 1 heterocycles. The van der Waals surface area contributed by atoms with Crippen LogP contribution in [0.25, 0.3) is 10.9 Å². The first-order valence-electron chi connectivity index (χ1n) is 8.92. The Morgan fingerprint density at radius 3 is 2.35 bits per heavy atom. The van der Waals surface area contributed by atoms with Gasteiger partial charge in [-0.15, -0.1) is 0 Å². The van der Waals surface area contributed by atoms with Gasteiger partial charge in [-0.3, -0.25) is 9.59 Å². The summed E-state index contributed by atoms with van der Waals surface area (Å²) >= 11 is 0. The fourth-order valence-corrected chi connectivity index (χ4v) is 3.04. The third-order valence-corrected chi connectivity index (χ3v) is 4.69. The number of H-pyrrole nitrogens is 1. The molecule has 134 valence electrons. The molecule has 0 aliphatic rings. The van der Waals surface area contributed by atoms with Crippen molar-refractivity contribution in [2.45, 2.75) is 40.3 Å². The predicted molar refractivity (Wildman–Crippen MR) is 105 cm³/mol. The van der Waals surface area contributed by atoms with Crippen molar-refractivity contribution < 1.29 is 4.79 Å². The van der Waals surface area contributed by atoms with Crippen molar-refractivity contribution in [3.8, 4) is 0 Å². The maximum absolute atomic E-state index is 12.4. The van der Waals surface area contributed by atoms with Crippen LogP contribution < -0.4 is 5.56 Å². The number of benzene rings is 2. The molecule has 0 spiro atoms. The summed E-state index contributed by atoms with van der Waals surface area (Å²) in [4.78, 5) is 29.2. The molecule has 0 saturated heterocycles. The Hall–Kier alpha value is -2.88. The molecule has 4 nitrogen and oxygen atoms in total. The average molecular weight is 348 g/mol. The van der Waals surface area contributed by atoms with Gasteiger partial charge in [0.1, 0.15) is 0 Å². The van der Waals surface area contributed by atoms with E-state index in [9.17, 15) is 9.59 Å². The summed E-state index contributed by atoms with van der Waals surface area (Å²) in [5.41, 5.74) is 4.74. The lowest BCUT2D eigenvalue weighted by atomic mass is 10.1. The van der Waals surface area contributed by atoms with Crippen molar-refractivity contribution >= 4 is 16.8 Å². The van der Waals surface area contributed by atoms with Crippen LogP contribution in [-0.4, -0.2) is 15.8 Å². The van der Waals surface area contributed by atoms with Gasteiger partial charge in [0.2, 0.25) is 5.91 Å². The van der Waals surface area contributed by atoms with Gasteiger partial charge >= 0.3 is 0 Å². The number of pyridine rings is 1. The molecule has 0 aliphatic heterocycles. The number of rotatable bonds is 5. The average Bonchev–Trinajstić information content (AvgIpc) is 2.63. The second-order valence-corrected chi connectivity index (χ2v) is 6.76. The topological polar surface area (TPSA) is 53.2 Å². The second-order valence-electron chi connectivity index (χ2n) is 6.76. The highest BCUT2D eigenvalue weighted by Crippen LogP contribution is 2.16. The van der Waals surface area contributed by atoms with Gasteiger partial charge in [-0.05, 0) is 48.1 Å². The molecular weight excluding hydrogens is 324 g/mol. The Bertz CT molecular complexity index is 987. The zero-order valence-electron chi connectivity index (χ0n) is 15.5. The Morgan fingerprint density at radius 1 is 1.00 bits per heavy atom. The van der Waals surface area contributed by atoms with E-state index >= 15 is 0 Å². The largest absolute Gasteiger partial charge is 0.334 e. The summed E-state index contributed by atoms with van der Waals surface area (Å²) in [5, 5.41) is 0.998. The lowest BCUT2D eigenvalue weighted by molar-refractivity contribution is -0.130. The fraction of sp³-hybridized carbons (Fsp3) is 0.273. The molecule has 0 bridgehead atoms. The van der Waals surface area contributed by atoms with E-state index in [1.54, 1.807) is 11.8 Å². The van der Waals surface area contributed by atoms with E-state index in [0.29, 0.717) is 18.7 Å². The second kappa shape index (κ2) is 7.56. The molecular formula is C22H24N2O2. The molecule has 0 unspecified atom stereocenters. The number of carbonyl (C=O) groups excluding carboxylic acids is 1. The number of aromatic nitrogens is 1. The van der Waals surface area contributed by atoms with Crippen molar-refractivity contribution in [2.75, 3.05) is 0 Å². The number of nitrogens with one attached hydrogen (secondary N) is 1. The zero-order chi connectivity index (χ0) is 18.7. The summed E-state index contributed by atoms with van der Waals surface area (Å²) < 4.78 is 0. The quantitative estimate of drug-likeness (QED) is 0.759. The first-order valence-corrected chi connectivity index (χ1v) is 8.92.